The number of nitrogens with one attached hydrogen (secondary N) is 2. The molecule has 1 aliphatic rings. The van der Waals surface area contributed by atoms with E-state index in [-0.39, 0.29) is 18.2 Å². The number of hydrogen-bond acceptors (Lipinski definition) is 7. The maximum atomic E-state index is 11.6. The average molecular weight is 314 g/mol. The molecule has 3 N–H and O–H groups in total. The minimum Gasteiger partial charge on any atom is -0.480 e. The number of rotatable bonds is 8. The highest BCUT2D eigenvalue weighted by molar-refractivity contribution is 7.99. The van der Waals surface area contributed by atoms with Gasteiger partial charge in [0, 0.05) is 0 Å². The van der Waals surface area contributed by atoms with Crippen molar-refractivity contribution >= 4 is 29.5 Å². The third-order valence-electron chi connectivity index (χ3n) is 2.57. The lowest BCUT2D eigenvalue weighted by Gasteiger charge is -2.05. The third kappa shape index (κ3) is 5.02. The quantitative estimate of drug-likeness (QED) is 0.488. The number of carbonyl (C=O) groups excluding carboxylic acids is 2. The van der Waals surface area contributed by atoms with Crippen molar-refractivity contribution in [3.8, 4) is 0 Å². The van der Waals surface area contributed by atoms with E-state index in [1.54, 1.807) is 4.68 Å². The van der Waals surface area contributed by atoms with E-state index in [1.807, 2.05) is 0 Å². The summed E-state index contributed by atoms with van der Waals surface area (Å²) >= 11 is 1.19. The summed E-state index contributed by atoms with van der Waals surface area (Å²) in [6, 6.07) is 0.326. The van der Waals surface area contributed by atoms with Gasteiger partial charge in [-0.15, -0.1) is 5.10 Å². The predicted octanol–water partition coefficient (Wildman–Crippen LogP) is -1.58. The number of carboxylic acid groups (broad SMARTS) is 1. The summed E-state index contributed by atoms with van der Waals surface area (Å²) in [5, 5.41) is 24.7. The van der Waals surface area contributed by atoms with Crippen LogP contribution in [0.25, 0.3) is 0 Å². The van der Waals surface area contributed by atoms with Gasteiger partial charge in [-0.25, -0.2) is 4.68 Å². The summed E-state index contributed by atoms with van der Waals surface area (Å²) in [5.41, 5.74) is 0. The molecule has 0 aliphatic heterocycles. The Morgan fingerprint density at radius 1 is 1.24 bits per heavy atom. The van der Waals surface area contributed by atoms with Crippen LogP contribution in [0.1, 0.15) is 18.9 Å². The Labute approximate surface area is 123 Å². The second kappa shape index (κ2) is 7.02. The number of carbonyl (C=O) groups is 3. The van der Waals surface area contributed by atoms with Crippen molar-refractivity contribution in [1.82, 2.24) is 30.8 Å². The standard InChI is InChI=1S/C10H14N6O4S/c17-7(12-4-9(19)20)3-11-8(18)5-21-10-13-14-15-16(10)6-1-2-6/h6H,1-5H2,(H,11,18)(H,12,17)(H,19,20). The summed E-state index contributed by atoms with van der Waals surface area (Å²) in [5.74, 6) is -1.97. The maximum Gasteiger partial charge on any atom is 0.322 e. The Morgan fingerprint density at radius 2 is 1.95 bits per heavy atom. The number of aromatic nitrogens is 4. The number of amides is 2. The predicted molar refractivity (Wildman–Crippen MR) is 70.5 cm³/mol. The Morgan fingerprint density at radius 3 is 2.62 bits per heavy atom. The molecule has 0 spiro atoms. The zero-order valence-electron chi connectivity index (χ0n) is 11.0. The number of nitrogens with zero attached hydrogens (tertiary/aromatic N) is 4. The van der Waals surface area contributed by atoms with Crippen LogP contribution >= 0.6 is 11.8 Å². The minimum absolute atomic E-state index is 0.0826. The lowest BCUT2D eigenvalue weighted by Crippen LogP contribution is -2.39. The molecule has 0 aromatic carbocycles. The number of hydrogen-bond donors (Lipinski definition) is 3. The van der Waals surface area contributed by atoms with Crippen molar-refractivity contribution in [2.24, 2.45) is 0 Å². The van der Waals surface area contributed by atoms with Gasteiger partial charge >= 0.3 is 5.97 Å². The molecule has 0 unspecified atom stereocenters. The van der Waals surface area contributed by atoms with Gasteiger partial charge in [-0.2, -0.15) is 0 Å². The highest BCUT2D eigenvalue weighted by Crippen LogP contribution is 2.36. The lowest BCUT2D eigenvalue weighted by molar-refractivity contribution is -0.137. The number of carboxylic acids is 1. The SMILES string of the molecule is O=C(O)CNC(=O)CNC(=O)CSc1nnnn1C1CC1. The van der Waals surface area contributed by atoms with Gasteiger partial charge in [0.1, 0.15) is 6.54 Å². The van der Waals surface area contributed by atoms with E-state index < -0.39 is 18.4 Å². The van der Waals surface area contributed by atoms with Crippen molar-refractivity contribution < 1.29 is 19.5 Å². The molecule has 114 valence electrons. The average Bonchev–Trinajstić information content (AvgIpc) is 3.19. The van der Waals surface area contributed by atoms with Gasteiger partial charge in [0.2, 0.25) is 17.0 Å². The van der Waals surface area contributed by atoms with E-state index in [0.717, 1.165) is 12.8 Å². The first-order valence-corrected chi connectivity index (χ1v) is 7.20. The molecular weight excluding hydrogens is 300 g/mol. The fourth-order valence-electron chi connectivity index (χ4n) is 1.43. The normalized spacial score (nSPS) is 13.7. The third-order valence-corrected chi connectivity index (χ3v) is 3.50. The van der Waals surface area contributed by atoms with Crippen molar-refractivity contribution in [2.45, 2.75) is 24.0 Å². The summed E-state index contributed by atoms with van der Waals surface area (Å²) in [4.78, 5) is 33.0. The molecule has 1 aromatic heterocycles. The smallest absolute Gasteiger partial charge is 0.322 e. The van der Waals surface area contributed by atoms with Crippen LogP contribution in [0.3, 0.4) is 0 Å². The van der Waals surface area contributed by atoms with E-state index in [1.165, 1.54) is 11.8 Å². The molecule has 2 rings (SSSR count). The van der Waals surface area contributed by atoms with E-state index >= 15 is 0 Å². The van der Waals surface area contributed by atoms with Gasteiger partial charge in [-0.05, 0) is 23.3 Å². The van der Waals surface area contributed by atoms with Crippen LogP contribution in [0.5, 0.6) is 0 Å². The Hall–Kier alpha value is -2.17. The molecule has 1 aliphatic carbocycles. The fraction of sp³-hybridized carbons (Fsp3) is 0.600. The van der Waals surface area contributed by atoms with Gasteiger partial charge in [0.25, 0.3) is 0 Å². The second-order valence-corrected chi connectivity index (χ2v) is 5.32. The molecule has 10 nitrogen and oxygen atoms in total. The molecule has 0 radical (unpaired) electrons. The van der Waals surface area contributed by atoms with E-state index in [2.05, 4.69) is 26.2 Å². The van der Waals surface area contributed by atoms with Crippen LogP contribution in [0.15, 0.2) is 5.16 Å². The van der Waals surface area contributed by atoms with Crippen LogP contribution in [0.4, 0.5) is 0 Å². The zero-order chi connectivity index (χ0) is 15.2. The van der Waals surface area contributed by atoms with E-state index in [4.69, 9.17) is 5.11 Å². The van der Waals surface area contributed by atoms with Gasteiger partial charge < -0.3 is 15.7 Å². The van der Waals surface area contributed by atoms with E-state index in [9.17, 15) is 14.4 Å². The highest BCUT2D eigenvalue weighted by atomic mass is 32.2. The highest BCUT2D eigenvalue weighted by Gasteiger charge is 2.28. The lowest BCUT2D eigenvalue weighted by atomic mass is 10.5. The minimum atomic E-state index is -1.14. The number of thioether (sulfide) groups is 1. The Kier molecular flexibility index (Phi) is 5.09. The molecule has 0 saturated heterocycles. The second-order valence-electron chi connectivity index (χ2n) is 4.37. The van der Waals surface area contributed by atoms with Gasteiger partial charge in [-0.1, -0.05) is 11.8 Å². The molecular formula is C10H14N6O4S. The molecule has 1 fully saturated rings. The molecule has 11 heteroatoms. The first-order chi connectivity index (χ1) is 10.1. The fourth-order valence-corrected chi connectivity index (χ4v) is 2.20. The van der Waals surface area contributed by atoms with Crippen molar-refractivity contribution in [2.75, 3.05) is 18.8 Å². The van der Waals surface area contributed by atoms with Crippen LogP contribution in [-0.2, 0) is 14.4 Å². The summed E-state index contributed by atoms with van der Waals surface area (Å²) in [7, 11) is 0. The van der Waals surface area contributed by atoms with Crippen molar-refractivity contribution in [3.63, 3.8) is 0 Å². The first kappa shape index (κ1) is 15.2. The van der Waals surface area contributed by atoms with Crippen molar-refractivity contribution in [3.05, 3.63) is 0 Å². The summed E-state index contributed by atoms with van der Waals surface area (Å²) < 4.78 is 1.69. The summed E-state index contributed by atoms with van der Waals surface area (Å²) in [6.45, 7) is -0.736. The molecule has 21 heavy (non-hydrogen) atoms. The summed E-state index contributed by atoms with van der Waals surface area (Å²) in [6.07, 6.45) is 2.07. The van der Waals surface area contributed by atoms with Crippen LogP contribution < -0.4 is 10.6 Å². The number of tetrazole rings is 1. The molecule has 1 saturated carbocycles. The monoisotopic (exact) mass is 314 g/mol. The van der Waals surface area contributed by atoms with Crippen molar-refractivity contribution in [1.29, 1.82) is 0 Å². The molecule has 2 amide bonds. The van der Waals surface area contributed by atoms with Crippen LogP contribution in [0, 0.1) is 0 Å². The molecule has 1 aromatic rings. The number of aliphatic carboxylic acids is 1. The van der Waals surface area contributed by atoms with Gasteiger partial charge in [-0.3, -0.25) is 14.4 Å². The zero-order valence-corrected chi connectivity index (χ0v) is 11.8. The maximum absolute atomic E-state index is 11.6. The van der Waals surface area contributed by atoms with Gasteiger partial charge in [0.05, 0.1) is 18.3 Å². The Bertz CT molecular complexity index is 543. The first-order valence-electron chi connectivity index (χ1n) is 6.22. The van der Waals surface area contributed by atoms with Crippen LogP contribution in [-0.4, -0.2) is 61.9 Å². The van der Waals surface area contributed by atoms with Gasteiger partial charge in [0.15, 0.2) is 0 Å². The van der Waals surface area contributed by atoms with E-state index in [0.29, 0.717) is 11.2 Å². The molecule has 0 bridgehead atoms. The largest absolute Gasteiger partial charge is 0.480 e. The topological polar surface area (TPSA) is 139 Å². The Balaban J connectivity index is 1.66. The molecule has 1 heterocycles. The molecule has 0 atom stereocenters. The van der Waals surface area contributed by atoms with Crippen LogP contribution in [0.2, 0.25) is 0 Å².